The lowest BCUT2D eigenvalue weighted by Crippen LogP contribution is -2.01. The third-order valence-electron chi connectivity index (χ3n) is 5.21. The average molecular weight is 433 g/mol. The largest absolute Gasteiger partial charge is 0.396 e. The Morgan fingerprint density at radius 1 is 0.935 bits per heavy atom. The van der Waals surface area contributed by atoms with Gasteiger partial charge in [0, 0.05) is 16.3 Å². The van der Waals surface area contributed by atoms with Gasteiger partial charge in [0.2, 0.25) is 0 Å². The second kappa shape index (κ2) is 7.90. The van der Waals surface area contributed by atoms with Crippen molar-refractivity contribution in [2.75, 3.05) is 5.73 Å². The molecule has 0 saturated carbocycles. The third kappa shape index (κ3) is 4.03. The standard InChI is InChI=1S/C23H20N4O3S/c1-14-6-5-9-17(15(14)2)20-11-10-16(13-25-20)26-27-21-12-22(31(28,29)30)18-7-3-4-8-19(18)23(21)24/h3-13H,24H2,1-2H3,(H,28,29,30). The fourth-order valence-electron chi connectivity index (χ4n) is 3.39. The maximum absolute atomic E-state index is 11.8. The second-order valence-electron chi connectivity index (χ2n) is 7.18. The summed E-state index contributed by atoms with van der Waals surface area (Å²) in [5, 5.41) is 9.05. The lowest BCUT2D eigenvalue weighted by molar-refractivity contribution is 0.484. The minimum Gasteiger partial charge on any atom is -0.396 e. The Morgan fingerprint density at radius 2 is 1.68 bits per heavy atom. The Kier molecular flexibility index (Phi) is 5.26. The number of azo groups is 1. The van der Waals surface area contributed by atoms with E-state index in [2.05, 4.69) is 35.1 Å². The molecule has 0 fully saturated rings. The van der Waals surface area contributed by atoms with Crippen LogP contribution in [0.4, 0.5) is 17.1 Å². The van der Waals surface area contributed by atoms with Crippen LogP contribution in [0.2, 0.25) is 0 Å². The SMILES string of the molecule is Cc1cccc(-c2ccc(N=Nc3cc(S(=O)(=O)O)c4ccccc4c3N)cn2)c1C. The van der Waals surface area contributed by atoms with Gasteiger partial charge in [-0.25, -0.2) is 0 Å². The summed E-state index contributed by atoms with van der Waals surface area (Å²) < 4.78 is 33.3. The van der Waals surface area contributed by atoms with Gasteiger partial charge in [-0.05, 0) is 43.2 Å². The van der Waals surface area contributed by atoms with E-state index in [1.165, 1.54) is 11.6 Å². The zero-order valence-corrected chi connectivity index (χ0v) is 17.8. The van der Waals surface area contributed by atoms with Gasteiger partial charge in [-0.15, -0.1) is 10.2 Å². The number of nitrogens with zero attached hydrogens (tertiary/aromatic N) is 3. The van der Waals surface area contributed by atoms with Crippen molar-refractivity contribution in [2.24, 2.45) is 10.2 Å². The molecule has 1 aromatic heterocycles. The van der Waals surface area contributed by atoms with Gasteiger partial charge in [0.05, 0.1) is 17.6 Å². The maximum Gasteiger partial charge on any atom is 0.295 e. The van der Waals surface area contributed by atoms with Gasteiger partial charge in [0.25, 0.3) is 10.1 Å². The minimum absolute atomic E-state index is 0.143. The van der Waals surface area contributed by atoms with Gasteiger partial charge in [0.1, 0.15) is 16.3 Å². The lowest BCUT2D eigenvalue weighted by Gasteiger charge is -2.09. The molecule has 0 atom stereocenters. The van der Waals surface area contributed by atoms with E-state index in [4.69, 9.17) is 5.73 Å². The summed E-state index contributed by atoms with van der Waals surface area (Å²) in [6.07, 6.45) is 1.58. The maximum atomic E-state index is 11.8. The molecule has 4 aromatic rings. The van der Waals surface area contributed by atoms with Crippen molar-refractivity contribution < 1.29 is 13.0 Å². The van der Waals surface area contributed by atoms with E-state index in [1.54, 1.807) is 36.5 Å². The number of anilines is 1. The predicted octanol–water partition coefficient (Wildman–Crippen LogP) is 5.76. The molecule has 8 heteroatoms. The number of hydrogen-bond acceptors (Lipinski definition) is 6. The van der Waals surface area contributed by atoms with Crippen LogP contribution in [0.5, 0.6) is 0 Å². The first-order valence-corrected chi connectivity index (χ1v) is 10.9. The first kappa shape index (κ1) is 20.6. The van der Waals surface area contributed by atoms with Crippen molar-refractivity contribution in [3.63, 3.8) is 0 Å². The Labute approximate surface area is 180 Å². The topological polar surface area (TPSA) is 118 Å². The highest BCUT2D eigenvalue weighted by Gasteiger charge is 2.18. The summed E-state index contributed by atoms with van der Waals surface area (Å²) in [4.78, 5) is 4.20. The molecule has 7 nitrogen and oxygen atoms in total. The number of aromatic nitrogens is 1. The molecule has 156 valence electrons. The quantitative estimate of drug-likeness (QED) is 0.241. The molecule has 3 N–H and O–H groups in total. The van der Waals surface area contributed by atoms with Crippen LogP contribution in [0.1, 0.15) is 11.1 Å². The highest BCUT2D eigenvalue weighted by atomic mass is 32.2. The van der Waals surface area contributed by atoms with Crippen molar-refractivity contribution in [2.45, 2.75) is 18.7 Å². The van der Waals surface area contributed by atoms with E-state index in [9.17, 15) is 13.0 Å². The lowest BCUT2D eigenvalue weighted by atomic mass is 10.0. The summed E-state index contributed by atoms with van der Waals surface area (Å²) in [7, 11) is -4.47. The smallest absolute Gasteiger partial charge is 0.295 e. The molecule has 0 saturated heterocycles. The molecular formula is C23H20N4O3S. The number of hydrogen-bond donors (Lipinski definition) is 2. The first-order valence-electron chi connectivity index (χ1n) is 9.49. The number of pyridine rings is 1. The third-order valence-corrected chi connectivity index (χ3v) is 6.10. The van der Waals surface area contributed by atoms with E-state index in [0.717, 1.165) is 16.8 Å². The average Bonchev–Trinajstić information content (AvgIpc) is 2.75. The van der Waals surface area contributed by atoms with Crippen LogP contribution in [0.15, 0.2) is 82.0 Å². The Hall–Kier alpha value is -3.62. The highest BCUT2D eigenvalue weighted by molar-refractivity contribution is 7.86. The van der Waals surface area contributed by atoms with Crippen molar-refractivity contribution >= 4 is 38.0 Å². The van der Waals surface area contributed by atoms with E-state index < -0.39 is 10.1 Å². The zero-order chi connectivity index (χ0) is 22.2. The van der Waals surface area contributed by atoms with Crippen LogP contribution >= 0.6 is 0 Å². The zero-order valence-electron chi connectivity index (χ0n) is 16.9. The van der Waals surface area contributed by atoms with E-state index in [0.29, 0.717) is 16.5 Å². The predicted molar refractivity (Wildman–Crippen MR) is 121 cm³/mol. The van der Waals surface area contributed by atoms with Crippen LogP contribution < -0.4 is 5.73 Å². The molecule has 0 unspecified atom stereocenters. The highest BCUT2D eigenvalue weighted by Crippen LogP contribution is 2.36. The van der Waals surface area contributed by atoms with Crippen LogP contribution in [-0.2, 0) is 10.1 Å². The van der Waals surface area contributed by atoms with Gasteiger partial charge in [0.15, 0.2) is 0 Å². The number of nitrogens with two attached hydrogens (primary N) is 1. The Bertz CT molecular complexity index is 1430. The molecule has 3 aromatic carbocycles. The summed E-state index contributed by atoms with van der Waals surface area (Å²) >= 11 is 0. The van der Waals surface area contributed by atoms with Crippen molar-refractivity contribution in [3.8, 4) is 11.3 Å². The summed E-state index contributed by atoms with van der Waals surface area (Å²) in [5.41, 5.74) is 11.3. The molecule has 0 spiro atoms. The molecule has 0 amide bonds. The number of aryl methyl sites for hydroxylation is 1. The molecule has 4 rings (SSSR count). The number of benzene rings is 3. The molecule has 31 heavy (non-hydrogen) atoms. The fourth-order valence-corrected chi connectivity index (χ4v) is 4.11. The Morgan fingerprint density at radius 3 is 2.35 bits per heavy atom. The van der Waals surface area contributed by atoms with Crippen molar-refractivity contribution in [3.05, 3.63) is 78.0 Å². The van der Waals surface area contributed by atoms with Crippen LogP contribution in [0.3, 0.4) is 0 Å². The second-order valence-corrected chi connectivity index (χ2v) is 8.57. The van der Waals surface area contributed by atoms with Gasteiger partial charge in [-0.3, -0.25) is 9.54 Å². The first-order chi connectivity index (χ1) is 14.8. The van der Waals surface area contributed by atoms with Gasteiger partial charge in [-0.2, -0.15) is 8.42 Å². The van der Waals surface area contributed by atoms with Crippen LogP contribution in [0.25, 0.3) is 22.0 Å². The fraction of sp³-hybridized carbons (Fsp3) is 0.0870. The van der Waals surface area contributed by atoms with E-state index in [-0.39, 0.29) is 16.3 Å². The summed E-state index contributed by atoms with van der Waals surface area (Å²) in [5.74, 6) is 0. The van der Waals surface area contributed by atoms with Gasteiger partial charge in [-0.1, -0.05) is 42.5 Å². The summed E-state index contributed by atoms with van der Waals surface area (Å²) in [6.45, 7) is 4.10. The molecule has 1 heterocycles. The van der Waals surface area contributed by atoms with Gasteiger partial charge >= 0.3 is 0 Å². The monoisotopic (exact) mass is 432 g/mol. The minimum atomic E-state index is -4.47. The molecule has 0 aliphatic rings. The van der Waals surface area contributed by atoms with Crippen LogP contribution in [0, 0.1) is 13.8 Å². The number of nitrogen functional groups attached to an aromatic ring is 1. The van der Waals surface area contributed by atoms with E-state index >= 15 is 0 Å². The van der Waals surface area contributed by atoms with E-state index in [1.807, 2.05) is 18.2 Å². The molecule has 0 aliphatic carbocycles. The van der Waals surface area contributed by atoms with Crippen molar-refractivity contribution in [1.82, 2.24) is 4.98 Å². The molecule has 0 aliphatic heterocycles. The number of rotatable bonds is 4. The van der Waals surface area contributed by atoms with Crippen LogP contribution in [-0.4, -0.2) is 18.0 Å². The molecule has 0 radical (unpaired) electrons. The summed E-state index contributed by atoms with van der Waals surface area (Å²) in [6, 6.07) is 17.5. The normalized spacial score (nSPS) is 12.0. The number of fused-ring (bicyclic) bond motifs is 1. The molecular weight excluding hydrogens is 412 g/mol. The van der Waals surface area contributed by atoms with Gasteiger partial charge < -0.3 is 5.73 Å². The molecule has 0 bridgehead atoms. The Balaban J connectivity index is 1.72. The van der Waals surface area contributed by atoms with Crippen molar-refractivity contribution in [1.29, 1.82) is 0 Å².